The number of rotatable bonds is 20. The molecule has 0 saturated carbocycles. The monoisotopic (exact) mass is 986 g/mol. The highest BCUT2D eigenvalue weighted by Crippen LogP contribution is 2.41. The van der Waals surface area contributed by atoms with Gasteiger partial charge in [0, 0.05) is 119 Å². The van der Waals surface area contributed by atoms with Gasteiger partial charge in [-0.1, -0.05) is 24.3 Å². The number of primary amides is 1. The van der Waals surface area contributed by atoms with Crippen LogP contribution in [0.5, 0.6) is 5.75 Å². The summed E-state index contributed by atoms with van der Waals surface area (Å²) in [6.07, 6.45) is 1.49. The number of carbonyl (C=O) groups excluding carboxylic acids is 8. The first-order chi connectivity index (χ1) is 34.6. The van der Waals surface area contributed by atoms with Gasteiger partial charge in [0.25, 0.3) is 11.8 Å². The molecule has 9 N–H and O–H groups in total. The van der Waals surface area contributed by atoms with Crippen molar-refractivity contribution in [1.82, 2.24) is 41.0 Å². The Bertz CT molecular complexity index is 2820. The molecule has 3 heterocycles. The van der Waals surface area contributed by atoms with Crippen LogP contribution in [0.4, 0.5) is 26.7 Å². The Kier molecular flexibility index (Phi) is 17.4. The van der Waals surface area contributed by atoms with Crippen LogP contribution in [0.2, 0.25) is 0 Å². The Hall–Kier alpha value is -8.04. The van der Waals surface area contributed by atoms with Gasteiger partial charge >= 0.3 is 12.1 Å². The van der Waals surface area contributed by atoms with Gasteiger partial charge in [0.05, 0.1) is 12.2 Å². The highest BCUT2D eigenvalue weighted by Gasteiger charge is 2.31. The average molecular weight is 987 g/mol. The summed E-state index contributed by atoms with van der Waals surface area (Å²) in [7, 11) is 3.69. The van der Waals surface area contributed by atoms with Crippen molar-refractivity contribution in [3.05, 3.63) is 95.7 Å². The van der Waals surface area contributed by atoms with E-state index >= 15 is 0 Å². The van der Waals surface area contributed by atoms with Gasteiger partial charge in [0.15, 0.2) is 0 Å². The van der Waals surface area contributed by atoms with E-state index in [1.165, 1.54) is 11.8 Å². The van der Waals surface area contributed by atoms with E-state index < -0.39 is 35.9 Å². The fourth-order valence-electron chi connectivity index (χ4n) is 8.53. The van der Waals surface area contributed by atoms with Crippen molar-refractivity contribution < 1.29 is 43.1 Å². The van der Waals surface area contributed by atoms with Crippen LogP contribution in [0, 0.1) is 0 Å². The first kappa shape index (κ1) is 51.8. The lowest BCUT2D eigenvalue weighted by Crippen LogP contribution is -2.48. The topological polar surface area (TPSA) is 273 Å². The van der Waals surface area contributed by atoms with Crippen LogP contribution in [-0.2, 0) is 25.6 Å². The van der Waals surface area contributed by atoms with Crippen molar-refractivity contribution in [1.29, 1.82) is 0 Å². The minimum atomic E-state index is -0.980. The van der Waals surface area contributed by atoms with Gasteiger partial charge in [0.2, 0.25) is 23.6 Å². The molecular formula is C51H62N12O9. The standard InChI is InChI=1S/C51H62N12O9/c1-32(64)61(3)22-7-11-45(65)54-21-20-53-31-46(66)59-41(10-6-19-55-50(52)70)48(68)56-35-14-12-33(13-15-35)47(67)57-36-16-17-40-34(28-36)29-42(58-40)49(69)63-23-18-38-37-8-4-5-9-39(37)44(30-43(38)63)72-51(71)62-26-24-60(2)25-27-62/h4-5,8-9,12-17,28-30,41,53,58H,6-7,10-11,18-27,31H2,1-3H3,(H,54,65)(H,56,68)(H,57,67)(H,59,66)(H3,52,55,70)/t41-/m0/s1. The summed E-state index contributed by atoms with van der Waals surface area (Å²) >= 11 is 0. The van der Waals surface area contributed by atoms with Crippen molar-refractivity contribution >= 4 is 86.3 Å². The van der Waals surface area contributed by atoms with E-state index in [1.807, 2.05) is 31.3 Å². The van der Waals surface area contributed by atoms with E-state index in [0.717, 1.165) is 29.4 Å². The second-order valence-electron chi connectivity index (χ2n) is 17.9. The molecule has 0 radical (unpaired) electrons. The molecule has 72 heavy (non-hydrogen) atoms. The number of carbonyl (C=O) groups is 8. The molecule has 0 unspecified atom stereocenters. The number of piperazine rings is 1. The molecule has 380 valence electrons. The number of hydrogen-bond donors (Lipinski definition) is 8. The van der Waals surface area contributed by atoms with Crippen LogP contribution < -0.4 is 47.3 Å². The SMILES string of the molecule is CC(=O)N(C)CCCC(=O)NCCNCC(=O)N[C@@H](CCCNC(N)=O)C(=O)Nc1ccc(C(=O)Nc2ccc3[nH]c(C(=O)N4CCc5c4cc(OC(=O)N4CCN(C)CC4)c4ccccc54)cc3c2)cc1. The van der Waals surface area contributed by atoms with E-state index in [0.29, 0.717) is 97.0 Å². The molecule has 5 aromatic rings. The Morgan fingerprint density at radius 3 is 2.26 bits per heavy atom. The molecule has 0 bridgehead atoms. The van der Waals surface area contributed by atoms with Gasteiger partial charge in [0.1, 0.15) is 17.5 Å². The van der Waals surface area contributed by atoms with Crippen LogP contribution in [0.1, 0.15) is 59.0 Å². The van der Waals surface area contributed by atoms with Gasteiger partial charge in [-0.3, -0.25) is 28.8 Å². The van der Waals surface area contributed by atoms with Crippen molar-refractivity contribution in [2.75, 3.05) is 95.1 Å². The number of nitrogens with two attached hydrogens (primary N) is 1. The lowest BCUT2D eigenvalue weighted by molar-refractivity contribution is -0.128. The van der Waals surface area contributed by atoms with E-state index in [2.05, 4.69) is 41.8 Å². The number of H-pyrrole nitrogens is 1. The second-order valence-corrected chi connectivity index (χ2v) is 17.9. The number of aromatic amines is 1. The largest absolute Gasteiger partial charge is 0.415 e. The zero-order valence-electron chi connectivity index (χ0n) is 40.7. The minimum absolute atomic E-state index is 0.0757. The zero-order chi connectivity index (χ0) is 51.3. The number of benzene rings is 4. The third-order valence-electron chi connectivity index (χ3n) is 12.7. The number of hydrogen-bond acceptors (Lipinski definition) is 11. The third kappa shape index (κ3) is 13.6. The Morgan fingerprint density at radius 1 is 0.792 bits per heavy atom. The number of urea groups is 1. The number of aromatic nitrogens is 1. The zero-order valence-corrected chi connectivity index (χ0v) is 40.7. The highest BCUT2D eigenvalue weighted by molar-refractivity contribution is 6.12. The molecule has 1 aromatic heterocycles. The molecule has 21 heteroatoms. The number of fused-ring (bicyclic) bond motifs is 4. The number of nitrogens with zero attached hydrogens (tertiary/aromatic N) is 4. The number of anilines is 3. The van der Waals surface area contributed by atoms with Gasteiger partial charge in [-0.2, -0.15) is 0 Å². The molecule has 0 spiro atoms. The fourth-order valence-corrected chi connectivity index (χ4v) is 8.53. The Labute approximate surface area is 416 Å². The highest BCUT2D eigenvalue weighted by atomic mass is 16.6. The lowest BCUT2D eigenvalue weighted by atomic mass is 10.0. The maximum Gasteiger partial charge on any atom is 0.415 e. The minimum Gasteiger partial charge on any atom is -0.409 e. The summed E-state index contributed by atoms with van der Waals surface area (Å²) in [5.41, 5.74) is 9.07. The molecule has 2 aliphatic rings. The van der Waals surface area contributed by atoms with Gasteiger partial charge < -0.3 is 67.0 Å². The van der Waals surface area contributed by atoms with Crippen LogP contribution in [0.3, 0.4) is 0 Å². The number of ether oxygens (including phenoxy) is 1. The summed E-state index contributed by atoms with van der Waals surface area (Å²) < 4.78 is 6.01. The summed E-state index contributed by atoms with van der Waals surface area (Å²) in [5.74, 6) is -1.51. The van der Waals surface area contributed by atoms with Crippen molar-refractivity contribution in [3.63, 3.8) is 0 Å². The number of nitrogens with one attached hydrogen (secondary N) is 7. The average Bonchev–Trinajstić information content (AvgIpc) is 3.99. The number of amides is 9. The predicted octanol–water partition coefficient (Wildman–Crippen LogP) is 3.36. The van der Waals surface area contributed by atoms with E-state index in [4.69, 9.17) is 10.5 Å². The second kappa shape index (κ2) is 24.2. The van der Waals surface area contributed by atoms with Crippen molar-refractivity contribution in [2.45, 2.75) is 45.1 Å². The van der Waals surface area contributed by atoms with Crippen LogP contribution in [0.25, 0.3) is 21.7 Å². The first-order valence-corrected chi connectivity index (χ1v) is 24.0. The molecule has 1 atom stereocenters. The van der Waals surface area contributed by atoms with Crippen LogP contribution >= 0.6 is 0 Å². The van der Waals surface area contributed by atoms with E-state index in [-0.39, 0.29) is 50.2 Å². The normalized spacial score (nSPS) is 13.8. The third-order valence-corrected chi connectivity index (χ3v) is 12.7. The first-order valence-electron chi connectivity index (χ1n) is 24.0. The Morgan fingerprint density at radius 2 is 1.53 bits per heavy atom. The van der Waals surface area contributed by atoms with Crippen molar-refractivity contribution in [2.24, 2.45) is 5.73 Å². The molecule has 4 aromatic carbocycles. The predicted molar refractivity (Wildman–Crippen MR) is 273 cm³/mol. The molecule has 9 amide bonds. The molecule has 2 aliphatic heterocycles. The van der Waals surface area contributed by atoms with E-state index in [9.17, 15) is 38.4 Å². The molecule has 0 aliphatic carbocycles. The maximum absolute atomic E-state index is 14.2. The van der Waals surface area contributed by atoms with Crippen molar-refractivity contribution in [3.8, 4) is 5.75 Å². The summed E-state index contributed by atoms with van der Waals surface area (Å²) in [6.45, 7) is 5.63. The summed E-state index contributed by atoms with van der Waals surface area (Å²) in [6, 6.07) is 21.0. The van der Waals surface area contributed by atoms with E-state index in [1.54, 1.807) is 71.4 Å². The summed E-state index contributed by atoms with van der Waals surface area (Å²) in [5, 5.41) is 19.0. The quantitative estimate of drug-likeness (QED) is 0.0524. The number of likely N-dealkylation sites (N-methyl/N-ethyl adjacent to an activating group) is 1. The molecular weight excluding hydrogens is 925 g/mol. The smallest absolute Gasteiger partial charge is 0.409 e. The van der Waals surface area contributed by atoms with Crippen LogP contribution in [-0.4, -0.2) is 153 Å². The van der Waals surface area contributed by atoms with Gasteiger partial charge in [-0.25, -0.2) is 9.59 Å². The van der Waals surface area contributed by atoms with Crippen LogP contribution in [0.15, 0.2) is 78.9 Å². The molecule has 7 rings (SSSR count). The molecule has 21 nitrogen and oxygen atoms in total. The molecule has 1 saturated heterocycles. The fraction of sp³-hybridized carbons (Fsp3) is 0.373. The van der Waals surface area contributed by atoms with Gasteiger partial charge in [-0.05, 0) is 92.2 Å². The maximum atomic E-state index is 14.2. The Balaban J connectivity index is 0.925. The molecule has 1 fully saturated rings. The lowest BCUT2D eigenvalue weighted by Gasteiger charge is -2.31. The summed E-state index contributed by atoms with van der Waals surface area (Å²) in [4.78, 5) is 112. The van der Waals surface area contributed by atoms with Gasteiger partial charge in [-0.15, -0.1) is 0 Å².